The van der Waals surface area contributed by atoms with Gasteiger partial charge in [0.1, 0.15) is 18.0 Å². The van der Waals surface area contributed by atoms with Gasteiger partial charge in [0.25, 0.3) is 0 Å². The van der Waals surface area contributed by atoms with Crippen molar-refractivity contribution in [2.75, 3.05) is 0 Å². The molecule has 6 nitrogen and oxygen atoms in total. The maximum atomic E-state index is 4.94. The fourth-order valence-corrected chi connectivity index (χ4v) is 9.68. The SMILES string of the molecule is c1ccc2c(c1)c1ccccc1n2-c1ccc2c(c1)c1ccccc1n2-c1cc(-n2c3ccccc3c3cc(-n4c5ccccc5c5ccccc54)ccc32)ncn1. The van der Waals surface area contributed by atoms with Crippen LogP contribution >= 0.6 is 0 Å². The highest BCUT2D eigenvalue weighted by Gasteiger charge is 2.20. The lowest BCUT2D eigenvalue weighted by Gasteiger charge is -2.12. The normalized spacial score (nSPS) is 12.1. The van der Waals surface area contributed by atoms with Crippen LogP contribution in [0.15, 0.2) is 194 Å². The van der Waals surface area contributed by atoms with Gasteiger partial charge in [-0.1, -0.05) is 109 Å². The first-order chi connectivity index (χ1) is 28.8. The van der Waals surface area contributed by atoms with Crippen LogP contribution in [0.2, 0.25) is 0 Å². The van der Waals surface area contributed by atoms with Gasteiger partial charge in [0.05, 0.1) is 44.1 Å². The van der Waals surface area contributed by atoms with Crippen LogP contribution in [0.3, 0.4) is 0 Å². The van der Waals surface area contributed by atoms with Gasteiger partial charge >= 0.3 is 0 Å². The fraction of sp³-hybridized carbons (Fsp3) is 0. The molecular weight excluding hydrogens is 709 g/mol. The standard InChI is InChI=1S/C52H32N6/c1-7-19-43-35(13-1)36-14-2-8-20-44(36)55(43)33-25-27-49-41(29-33)39-17-5-11-23-47(39)57(49)51-31-52(54-32-53-51)58-48-24-12-6-18-40(48)42-30-34(26-28-50(42)58)56-45-21-9-3-15-37(45)38-16-4-10-22-46(38)56/h1-32H. The van der Waals surface area contributed by atoms with Crippen molar-refractivity contribution < 1.29 is 0 Å². The predicted molar refractivity (Wildman–Crippen MR) is 239 cm³/mol. The number of fused-ring (bicyclic) bond motifs is 12. The Bertz CT molecular complexity index is 3470. The topological polar surface area (TPSA) is 45.5 Å². The molecule has 58 heavy (non-hydrogen) atoms. The van der Waals surface area contributed by atoms with Crippen molar-refractivity contribution >= 4 is 87.2 Å². The Hall–Kier alpha value is -7.96. The molecule has 0 saturated heterocycles. The van der Waals surface area contributed by atoms with E-state index >= 15 is 0 Å². The van der Waals surface area contributed by atoms with Gasteiger partial charge in [-0.05, 0) is 72.8 Å². The summed E-state index contributed by atoms with van der Waals surface area (Å²) in [5, 5.41) is 9.70. The van der Waals surface area contributed by atoms with Gasteiger partial charge in [-0.3, -0.25) is 9.13 Å². The molecule has 0 aliphatic rings. The molecule has 0 spiro atoms. The predicted octanol–water partition coefficient (Wildman–Crippen LogP) is 12.9. The van der Waals surface area contributed by atoms with Gasteiger partial charge in [0, 0.05) is 60.5 Å². The molecule has 0 bridgehead atoms. The van der Waals surface area contributed by atoms with Crippen LogP contribution in [0, 0.1) is 0 Å². The maximum Gasteiger partial charge on any atom is 0.143 e. The average Bonchev–Trinajstić information content (AvgIpc) is 4.01. The minimum atomic E-state index is 0.814. The van der Waals surface area contributed by atoms with Crippen LogP contribution in [-0.4, -0.2) is 28.2 Å². The summed E-state index contributed by atoms with van der Waals surface area (Å²) >= 11 is 0. The molecule has 0 fully saturated rings. The van der Waals surface area contributed by atoms with Crippen molar-refractivity contribution in [3.63, 3.8) is 0 Å². The van der Waals surface area contributed by atoms with Crippen LogP contribution in [0.1, 0.15) is 0 Å². The zero-order valence-corrected chi connectivity index (χ0v) is 31.2. The Morgan fingerprint density at radius 1 is 0.241 bits per heavy atom. The molecule has 0 N–H and O–H groups in total. The highest BCUT2D eigenvalue weighted by atomic mass is 15.1. The van der Waals surface area contributed by atoms with Crippen LogP contribution in [0.4, 0.5) is 0 Å². The molecule has 0 aliphatic carbocycles. The van der Waals surface area contributed by atoms with Gasteiger partial charge in [-0.2, -0.15) is 0 Å². The molecule has 0 amide bonds. The highest BCUT2D eigenvalue weighted by molar-refractivity contribution is 6.14. The highest BCUT2D eigenvalue weighted by Crippen LogP contribution is 2.39. The first-order valence-corrected chi connectivity index (χ1v) is 19.7. The van der Waals surface area contributed by atoms with E-state index in [1.165, 1.54) is 65.2 Å². The molecule has 0 unspecified atom stereocenters. The number of nitrogens with zero attached hydrogens (tertiary/aromatic N) is 6. The third kappa shape index (κ3) is 4.26. The monoisotopic (exact) mass is 740 g/mol. The van der Waals surface area contributed by atoms with E-state index in [2.05, 4.69) is 206 Å². The molecule has 0 atom stereocenters. The number of hydrogen-bond donors (Lipinski definition) is 0. The van der Waals surface area contributed by atoms with Crippen molar-refractivity contribution in [1.82, 2.24) is 28.2 Å². The minimum Gasteiger partial charge on any atom is -0.309 e. The zero-order valence-electron chi connectivity index (χ0n) is 31.2. The maximum absolute atomic E-state index is 4.94. The van der Waals surface area contributed by atoms with E-state index in [-0.39, 0.29) is 0 Å². The summed E-state index contributed by atoms with van der Waals surface area (Å²) in [6.45, 7) is 0. The second kappa shape index (κ2) is 11.8. The number of hydrogen-bond acceptors (Lipinski definition) is 2. The summed E-state index contributed by atoms with van der Waals surface area (Å²) in [5.41, 5.74) is 11.4. The van der Waals surface area contributed by atoms with Crippen LogP contribution < -0.4 is 0 Å². The molecular formula is C52H32N6. The lowest BCUT2D eigenvalue weighted by molar-refractivity contribution is 0.986. The van der Waals surface area contributed by atoms with Gasteiger partial charge in [-0.25, -0.2) is 9.97 Å². The summed E-state index contributed by atoms with van der Waals surface area (Å²) in [5.74, 6) is 1.63. The van der Waals surface area contributed by atoms with Gasteiger partial charge in [0.2, 0.25) is 0 Å². The van der Waals surface area contributed by atoms with Gasteiger partial charge in [-0.15, -0.1) is 0 Å². The van der Waals surface area contributed by atoms with E-state index in [1.54, 1.807) is 6.33 Å². The first kappa shape index (κ1) is 31.3. The molecule has 0 radical (unpaired) electrons. The van der Waals surface area contributed by atoms with E-state index in [1.807, 2.05) is 0 Å². The zero-order chi connectivity index (χ0) is 37.9. The van der Waals surface area contributed by atoms with E-state index in [0.29, 0.717) is 0 Å². The van der Waals surface area contributed by atoms with Crippen LogP contribution in [0.25, 0.3) is 110 Å². The molecule has 13 aromatic rings. The summed E-state index contributed by atoms with van der Waals surface area (Å²) in [7, 11) is 0. The Morgan fingerprint density at radius 3 is 0.862 bits per heavy atom. The number of para-hydroxylation sites is 6. The Morgan fingerprint density at radius 2 is 0.517 bits per heavy atom. The van der Waals surface area contributed by atoms with E-state index in [0.717, 1.165) is 45.1 Å². The molecule has 5 aromatic heterocycles. The molecule has 13 rings (SSSR count). The minimum absolute atomic E-state index is 0.814. The third-order valence-corrected chi connectivity index (χ3v) is 12.1. The van der Waals surface area contributed by atoms with Gasteiger partial charge < -0.3 is 9.13 Å². The number of aromatic nitrogens is 6. The summed E-state index contributed by atoms with van der Waals surface area (Å²) in [6.07, 6.45) is 1.70. The Labute approximate surface area is 331 Å². The quantitative estimate of drug-likeness (QED) is 0.180. The largest absolute Gasteiger partial charge is 0.309 e. The molecule has 8 aromatic carbocycles. The average molecular weight is 741 g/mol. The van der Waals surface area contributed by atoms with Crippen molar-refractivity contribution in [2.24, 2.45) is 0 Å². The van der Waals surface area contributed by atoms with Crippen molar-refractivity contribution in [3.05, 3.63) is 194 Å². The van der Waals surface area contributed by atoms with E-state index in [4.69, 9.17) is 9.97 Å². The second-order valence-electron chi connectivity index (χ2n) is 15.1. The molecule has 6 heteroatoms. The fourth-order valence-electron chi connectivity index (χ4n) is 9.68. The summed E-state index contributed by atoms with van der Waals surface area (Å²) in [6, 6.07) is 67.7. The third-order valence-electron chi connectivity index (χ3n) is 12.1. The molecule has 0 aliphatic heterocycles. The second-order valence-corrected chi connectivity index (χ2v) is 15.1. The van der Waals surface area contributed by atoms with E-state index < -0.39 is 0 Å². The van der Waals surface area contributed by atoms with Gasteiger partial charge in [0.15, 0.2) is 0 Å². The molecule has 5 heterocycles. The smallest absolute Gasteiger partial charge is 0.143 e. The Balaban J connectivity index is 1.00. The number of rotatable bonds is 4. The number of benzene rings is 8. The van der Waals surface area contributed by atoms with Crippen molar-refractivity contribution in [2.45, 2.75) is 0 Å². The van der Waals surface area contributed by atoms with Crippen LogP contribution in [0.5, 0.6) is 0 Å². The van der Waals surface area contributed by atoms with Crippen molar-refractivity contribution in [3.8, 4) is 23.0 Å². The lowest BCUT2D eigenvalue weighted by Crippen LogP contribution is -2.03. The molecule has 0 saturated carbocycles. The van der Waals surface area contributed by atoms with E-state index in [9.17, 15) is 0 Å². The van der Waals surface area contributed by atoms with Crippen LogP contribution in [-0.2, 0) is 0 Å². The lowest BCUT2D eigenvalue weighted by atomic mass is 10.1. The summed E-state index contributed by atoms with van der Waals surface area (Å²) < 4.78 is 9.32. The molecule has 270 valence electrons. The Kier molecular flexibility index (Phi) is 6.35. The van der Waals surface area contributed by atoms with Crippen molar-refractivity contribution in [1.29, 1.82) is 0 Å². The first-order valence-electron chi connectivity index (χ1n) is 19.7. The summed E-state index contributed by atoms with van der Waals surface area (Å²) in [4.78, 5) is 9.88.